The minimum Gasteiger partial charge on any atom is -0.491 e. The maximum Gasteiger partial charge on any atom is 0.364 e. The van der Waals surface area contributed by atoms with E-state index in [1.165, 1.54) is 13.8 Å². The van der Waals surface area contributed by atoms with Gasteiger partial charge in [0.05, 0.1) is 20.3 Å². The molecule has 0 aliphatic rings. The second-order valence-corrected chi connectivity index (χ2v) is 5.94. The molecule has 0 spiro atoms. The Morgan fingerprint density at radius 2 is 1.76 bits per heavy atom. The lowest BCUT2D eigenvalue weighted by molar-refractivity contribution is -0.136. The Morgan fingerprint density at radius 1 is 1.24 bits per heavy atom. The number of carboxylic acid groups (broad SMARTS) is 1. The van der Waals surface area contributed by atoms with Gasteiger partial charge in [-0.15, -0.1) is 0 Å². The van der Waals surface area contributed by atoms with E-state index in [2.05, 4.69) is 10.1 Å². The number of rotatable bonds is 9. The van der Waals surface area contributed by atoms with E-state index in [0.717, 1.165) is 7.11 Å². The zero-order chi connectivity index (χ0) is 16.2. The molecule has 0 amide bonds. The van der Waals surface area contributed by atoms with E-state index in [4.69, 9.17) is 9.05 Å². The van der Waals surface area contributed by atoms with Crippen molar-refractivity contribution in [2.24, 2.45) is 0 Å². The quantitative estimate of drug-likeness (QED) is 0.490. The second kappa shape index (κ2) is 6.84. The summed E-state index contributed by atoms with van der Waals surface area (Å²) < 4.78 is 27.0. The van der Waals surface area contributed by atoms with Crippen molar-refractivity contribution >= 4 is 19.3 Å². The molecular formula is C11H16NO8P. The highest BCUT2D eigenvalue weighted by Gasteiger charge is 2.43. The standard InChI is InChI=1S/C11H16NO8P/c1-4-19-21(17,20-5-2)10(11(15)16)12-6-7(13)8(14)9(6)18-3/h10,12H,4-5H2,1-3H3,(H,15,16). The third-order valence-electron chi connectivity index (χ3n) is 2.52. The topological polar surface area (TPSA) is 128 Å². The molecule has 9 nitrogen and oxygen atoms in total. The molecule has 1 rings (SSSR count). The van der Waals surface area contributed by atoms with E-state index in [9.17, 15) is 24.1 Å². The zero-order valence-corrected chi connectivity index (χ0v) is 12.6. The monoisotopic (exact) mass is 321 g/mol. The van der Waals surface area contributed by atoms with Crippen LogP contribution < -0.4 is 20.9 Å². The van der Waals surface area contributed by atoms with Crippen LogP contribution in [0.2, 0.25) is 0 Å². The van der Waals surface area contributed by atoms with Crippen molar-refractivity contribution < 1.29 is 28.3 Å². The third kappa shape index (κ3) is 3.31. The summed E-state index contributed by atoms with van der Waals surface area (Å²) in [6.07, 6.45) is 0. The Labute approximate surface area is 120 Å². The van der Waals surface area contributed by atoms with E-state index in [0.29, 0.717) is 0 Å². The lowest BCUT2D eigenvalue weighted by atomic mass is 10.2. The highest BCUT2D eigenvalue weighted by atomic mass is 31.2. The van der Waals surface area contributed by atoms with Crippen LogP contribution >= 0.6 is 7.60 Å². The SMILES string of the molecule is CCOP(=O)(OCC)C(Nc1c(OC)c(=O)c1=O)C(=O)O. The summed E-state index contributed by atoms with van der Waals surface area (Å²) in [7, 11) is -2.91. The van der Waals surface area contributed by atoms with Crippen molar-refractivity contribution in [2.75, 3.05) is 25.6 Å². The first-order valence-corrected chi connectivity index (χ1v) is 7.69. The van der Waals surface area contributed by atoms with E-state index in [1.54, 1.807) is 0 Å². The minimum atomic E-state index is -4.07. The van der Waals surface area contributed by atoms with Crippen LogP contribution in [0.15, 0.2) is 9.59 Å². The maximum atomic E-state index is 12.5. The summed E-state index contributed by atoms with van der Waals surface area (Å²) in [6, 6.07) is 0. The molecule has 10 heteroatoms. The summed E-state index contributed by atoms with van der Waals surface area (Å²) in [6.45, 7) is 2.93. The van der Waals surface area contributed by atoms with Crippen molar-refractivity contribution in [1.29, 1.82) is 0 Å². The maximum absolute atomic E-state index is 12.5. The fourth-order valence-corrected chi connectivity index (χ4v) is 3.31. The molecule has 21 heavy (non-hydrogen) atoms. The van der Waals surface area contributed by atoms with Crippen LogP contribution in [0, 0.1) is 0 Å². The van der Waals surface area contributed by atoms with Gasteiger partial charge in [-0.1, -0.05) is 0 Å². The molecule has 1 aromatic carbocycles. The molecule has 0 saturated heterocycles. The van der Waals surface area contributed by atoms with Gasteiger partial charge in [-0.05, 0) is 13.8 Å². The van der Waals surface area contributed by atoms with Gasteiger partial charge in [0.2, 0.25) is 5.78 Å². The Bertz CT molecular complexity index is 622. The normalized spacial score (nSPS) is 13.1. The Kier molecular flexibility index (Phi) is 5.65. The molecule has 0 radical (unpaired) electrons. The highest BCUT2D eigenvalue weighted by Crippen LogP contribution is 2.53. The molecule has 0 saturated carbocycles. The number of methoxy groups -OCH3 is 1. The van der Waals surface area contributed by atoms with Crippen molar-refractivity contribution in [2.45, 2.75) is 19.6 Å². The molecule has 1 unspecified atom stereocenters. The lowest BCUT2D eigenvalue weighted by Gasteiger charge is -2.25. The van der Waals surface area contributed by atoms with Crippen LogP contribution in [-0.2, 0) is 18.4 Å². The molecular weight excluding hydrogens is 305 g/mol. The van der Waals surface area contributed by atoms with Crippen LogP contribution in [0.5, 0.6) is 5.75 Å². The summed E-state index contributed by atoms with van der Waals surface area (Å²) in [4.78, 5) is 33.9. The Morgan fingerprint density at radius 3 is 2.14 bits per heavy atom. The molecule has 0 aliphatic heterocycles. The van der Waals surface area contributed by atoms with Crippen LogP contribution in [0.1, 0.15) is 13.8 Å². The number of ether oxygens (including phenoxy) is 1. The van der Waals surface area contributed by atoms with Crippen LogP contribution in [0.3, 0.4) is 0 Å². The van der Waals surface area contributed by atoms with E-state index >= 15 is 0 Å². The summed E-state index contributed by atoms with van der Waals surface area (Å²) in [5.41, 5.74) is -2.18. The van der Waals surface area contributed by atoms with Crippen LogP contribution in [-0.4, -0.2) is 37.2 Å². The minimum absolute atomic E-state index is 0.0498. The van der Waals surface area contributed by atoms with Crippen molar-refractivity contribution in [1.82, 2.24) is 0 Å². The van der Waals surface area contributed by atoms with Crippen LogP contribution in [0.25, 0.3) is 0 Å². The van der Waals surface area contributed by atoms with Crippen LogP contribution in [0.4, 0.5) is 5.69 Å². The van der Waals surface area contributed by atoms with E-state index < -0.39 is 30.2 Å². The number of nitrogens with one attached hydrogen (secondary N) is 1. The van der Waals surface area contributed by atoms with Gasteiger partial charge in [0.15, 0.2) is 5.75 Å². The Hall–Kier alpha value is -1.70. The predicted octanol–water partition coefficient (Wildman–Crippen LogP) is 0.380. The fourth-order valence-electron chi connectivity index (χ4n) is 1.66. The second-order valence-electron chi connectivity index (χ2n) is 3.83. The summed E-state index contributed by atoms with van der Waals surface area (Å²) in [5.74, 6) is -3.68. The van der Waals surface area contributed by atoms with Gasteiger partial charge in [0, 0.05) is 0 Å². The summed E-state index contributed by atoms with van der Waals surface area (Å²) in [5, 5.41) is 11.4. The largest absolute Gasteiger partial charge is 0.491 e. The van der Waals surface area contributed by atoms with Gasteiger partial charge >= 0.3 is 13.6 Å². The van der Waals surface area contributed by atoms with E-state index in [1.807, 2.05) is 0 Å². The Balaban J connectivity index is 3.16. The number of carbonyl (C=O) groups is 1. The molecule has 0 aromatic heterocycles. The van der Waals surface area contributed by atoms with Gasteiger partial charge < -0.3 is 24.2 Å². The average Bonchev–Trinajstić information content (AvgIpc) is 2.42. The number of hydrogen-bond donors (Lipinski definition) is 2. The zero-order valence-electron chi connectivity index (χ0n) is 11.7. The van der Waals surface area contributed by atoms with Gasteiger partial charge in [-0.25, -0.2) is 4.79 Å². The number of aliphatic carboxylic acids is 1. The van der Waals surface area contributed by atoms with Gasteiger partial charge in [-0.3, -0.25) is 14.2 Å². The first kappa shape index (κ1) is 17.4. The number of carboxylic acids is 1. The molecule has 0 fully saturated rings. The predicted molar refractivity (Wildman–Crippen MR) is 73.8 cm³/mol. The summed E-state index contributed by atoms with van der Waals surface area (Å²) >= 11 is 0. The molecule has 1 aromatic rings. The van der Waals surface area contributed by atoms with Crippen molar-refractivity contribution in [3.05, 3.63) is 20.4 Å². The molecule has 118 valence electrons. The fraction of sp³-hybridized carbons (Fsp3) is 0.545. The van der Waals surface area contributed by atoms with Gasteiger partial charge in [0.25, 0.3) is 10.9 Å². The number of hydrogen-bond acceptors (Lipinski definition) is 8. The van der Waals surface area contributed by atoms with E-state index in [-0.39, 0.29) is 24.7 Å². The first-order chi connectivity index (χ1) is 9.82. The van der Waals surface area contributed by atoms with Crippen molar-refractivity contribution in [3.63, 3.8) is 0 Å². The lowest BCUT2D eigenvalue weighted by Crippen LogP contribution is -2.40. The van der Waals surface area contributed by atoms with Crippen molar-refractivity contribution in [3.8, 4) is 5.75 Å². The first-order valence-electron chi connectivity index (χ1n) is 6.07. The third-order valence-corrected chi connectivity index (χ3v) is 4.74. The average molecular weight is 321 g/mol. The van der Waals surface area contributed by atoms with Gasteiger partial charge in [0.1, 0.15) is 5.69 Å². The van der Waals surface area contributed by atoms with Gasteiger partial charge in [-0.2, -0.15) is 0 Å². The highest BCUT2D eigenvalue weighted by molar-refractivity contribution is 7.55. The molecule has 0 heterocycles. The number of anilines is 1. The molecule has 1 atom stereocenters. The smallest absolute Gasteiger partial charge is 0.364 e. The molecule has 0 bridgehead atoms. The molecule has 0 aliphatic carbocycles. The molecule has 2 N–H and O–H groups in total.